The molecule has 0 aliphatic rings. The van der Waals surface area contributed by atoms with Crippen LogP contribution in [-0.2, 0) is 14.3 Å². The van der Waals surface area contributed by atoms with Crippen LogP contribution in [0.2, 0.25) is 0 Å². The molecule has 0 unspecified atom stereocenters. The molecule has 0 aromatic heterocycles. The van der Waals surface area contributed by atoms with E-state index in [-0.39, 0.29) is 12.5 Å². The van der Waals surface area contributed by atoms with Gasteiger partial charge in [-0.3, -0.25) is 4.79 Å². The largest absolute Gasteiger partial charge is 0.483 e. The second-order valence-electron chi connectivity index (χ2n) is 4.58. The minimum atomic E-state index is -0.696. The molecule has 5 nitrogen and oxygen atoms in total. The molecular weight excluding hydrogens is 270 g/mol. The van der Waals surface area contributed by atoms with E-state index < -0.39 is 12.0 Å². The molecule has 0 fully saturated rings. The maximum absolute atomic E-state index is 11.7. The molecular formula is C16H17NO4. The summed E-state index contributed by atoms with van der Waals surface area (Å²) in [5.41, 5.74) is 0. The van der Waals surface area contributed by atoms with Gasteiger partial charge in [0.2, 0.25) is 0 Å². The Hall–Kier alpha value is -2.56. The summed E-state index contributed by atoms with van der Waals surface area (Å²) in [6.07, 6.45) is 0. The number of rotatable bonds is 5. The van der Waals surface area contributed by atoms with Gasteiger partial charge in [-0.05, 0) is 18.4 Å². The van der Waals surface area contributed by atoms with Gasteiger partial charge in [-0.25, -0.2) is 4.79 Å². The second-order valence-corrected chi connectivity index (χ2v) is 4.58. The van der Waals surface area contributed by atoms with Gasteiger partial charge in [0.15, 0.2) is 6.61 Å². The maximum Gasteiger partial charge on any atom is 0.328 e. The molecule has 0 aliphatic heterocycles. The fraction of sp³-hybridized carbons (Fsp3) is 0.250. The van der Waals surface area contributed by atoms with Gasteiger partial charge in [0, 0.05) is 5.39 Å². The number of ether oxygens (including phenoxy) is 2. The summed E-state index contributed by atoms with van der Waals surface area (Å²) in [5.74, 6) is -0.233. The van der Waals surface area contributed by atoms with Crippen LogP contribution in [0.5, 0.6) is 5.75 Å². The number of carbonyl (C=O) groups is 2. The lowest BCUT2D eigenvalue weighted by molar-refractivity contribution is -0.144. The number of carbonyl (C=O) groups excluding carboxylic acids is 2. The van der Waals surface area contributed by atoms with Crippen molar-refractivity contribution in [2.75, 3.05) is 13.7 Å². The highest BCUT2D eigenvalue weighted by Crippen LogP contribution is 2.24. The zero-order valence-electron chi connectivity index (χ0n) is 12.0. The summed E-state index contributed by atoms with van der Waals surface area (Å²) in [5, 5.41) is 4.49. The molecule has 0 heterocycles. The highest BCUT2D eigenvalue weighted by molar-refractivity contribution is 5.89. The number of benzene rings is 2. The Morgan fingerprint density at radius 2 is 1.86 bits per heavy atom. The van der Waals surface area contributed by atoms with Gasteiger partial charge < -0.3 is 14.8 Å². The van der Waals surface area contributed by atoms with Crippen molar-refractivity contribution in [1.82, 2.24) is 5.32 Å². The van der Waals surface area contributed by atoms with Gasteiger partial charge >= 0.3 is 5.97 Å². The Morgan fingerprint density at radius 1 is 1.14 bits per heavy atom. The van der Waals surface area contributed by atoms with Crippen molar-refractivity contribution >= 4 is 22.6 Å². The summed E-state index contributed by atoms with van der Waals surface area (Å²) in [6, 6.07) is 12.7. The van der Waals surface area contributed by atoms with Crippen LogP contribution in [0.4, 0.5) is 0 Å². The van der Waals surface area contributed by atoms with Gasteiger partial charge in [-0.2, -0.15) is 0 Å². The number of hydrogen-bond donors (Lipinski definition) is 1. The van der Waals surface area contributed by atoms with Gasteiger partial charge in [-0.15, -0.1) is 0 Å². The molecule has 1 atom stereocenters. The molecule has 0 saturated heterocycles. The first-order valence-electron chi connectivity index (χ1n) is 6.59. The van der Waals surface area contributed by atoms with Crippen LogP contribution in [0.1, 0.15) is 6.92 Å². The first kappa shape index (κ1) is 14.8. The predicted octanol–water partition coefficient (Wildman–Crippen LogP) is 1.90. The minimum absolute atomic E-state index is 0.157. The fourth-order valence-electron chi connectivity index (χ4n) is 1.98. The van der Waals surface area contributed by atoms with Gasteiger partial charge in [0.1, 0.15) is 11.8 Å². The van der Waals surface area contributed by atoms with Crippen LogP contribution >= 0.6 is 0 Å². The molecule has 110 valence electrons. The fourth-order valence-corrected chi connectivity index (χ4v) is 1.98. The minimum Gasteiger partial charge on any atom is -0.483 e. The topological polar surface area (TPSA) is 64.6 Å². The standard InChI is InChI=1S/C16H17NO4/c1-11(16(19)20-2)17-15(18)10-21-14-9-5-7-12-6-3-4-8-13(12)14/h3-9,11H,10H2,1-2H3,(H,17,18)/t11-/m0/s1. The highest BCUT2D eigenvalue weighted by Gasteiger charge is 2.16. The number of fused-ring (bicyclic) bond motifs is 1. The van der Waals surface area contributed by atoms with Crippen LogP contribution < -0.4 is 10.1 Å². The summed E-state index contributed by atoms with van der Waals surface area (Å²) in [7, 11) is 1.28. The molecule has 1 N–H and O–H groups in total. The number of esters is 1. The first-order chi connectivity index (χ1) is 10.1. The Bertz CT molecular complexity index is 648. The van der Waals surface area contributed by atoms with E-state index >= 15 is 0 Å². The molecule has 0 spiro atoms. The van der Waals surface area contributed by atoms with Crippen molar-refractivity contribution in [2.45, 2.75) is 13.0 Å². The molecule has 1 amide bonds. The van der Waals surface area contributed by atoms with E-state index in [1.807, 2.05) is 36.4 Å². The lowest BCUT2D eigenvalue weighted by Crippen LogP contribution is -2.41. The van der Waals surface area contributed by atoms with Crippen molar-refractivity contribution in [2.24, 2.45) is 0 Å². The van der Waals surface area contributed by atoms with Crippen LogP contribution in [0.25, 0.3) is 10.8 Å². The molecule has 5 heteroatoms. The van der Waals surface area contributed by atoms with Crippen LogP contribution in [0.15, 0.2) is 42.5 Å². The van der Waals surface area contributed by atoms with Crippen molar-refractivity contribution < 1.29 is 19.1 Å². The third-order valence-corrected chi connectivity index (χ3v) is 3.04. The number of methoxy groups -OCH3 is 1. The Kier molecular flexibility index (Phi) is 4.77. The van der Waals surface area contributed by atoms with Crippen molar-refractivity contribution in [3.05, 3.63) is 42.5 Å². The monoisotopic (exact) mass is 287 g/mol. The normalized spacial score (nSPS) is 11.7. The predicted molar refractivity (Wildman–Crippen MR) is 79.1 cm³/mol. The third-order valence-electron chi connectivity index (χ3n) is 3.04. The lowest BCUT2D eigenvalue weighted by atomic mass is 10.1. The van der Waals surface area contributed by atoms with E-state index in [4.69, 9.17) is 4.74 Å². The van der Waals surface area contributed by atoms with Crippen molar-refractivity contribution in [3.63, 3.8) is 0 Å². The molecule has 0 bridgehead atoms. The lowest BCUT2D eigenvalue weighted by Gasteiger charge is -2.13. The zero-order chi connectivity index (χ0) is 15.2. The van der Waals surface area contributed by atoms with Crippen LogP contribution in [0.3, 0.4) is 0 Å². The average molecular weight is 287 g/mol. The smallest absolute Gasteiger partial charge is 0.328 e. The molecule has 0 aliphatic carbocycles. The number of amides is 1. The first-order valence-corrected chi connectivity index (χ1v) is 6.59. The Morgan fingerprint density at radius 3 is 2.62 bits per heavy atom. The summed E-state index contributed by atoms with van der Waals surface area (Å²) in [6.45, 7) is 1.40. The van der Waals surface area contributed by atoms with Crippen molar-refractivity contribution in [1.29, 1.82) is 0 Å². The number of hydrogen-bond acceptors (Lipinski definition) is 4. The molecule has 2 aromatic carbocycles. The van der Waals surface area contributed by atoms with Gasteiger partial charge in [0.25, 0.3) is 5.91 Å². The SMILES string of the molecule is COC(=O)[C@H](C)NC(=O)COc1cccc2ccccc12. The zero-order valence-corrected chi connectivity index (χ0v) is 12.0. The quantitative estimate of drug-likeness (QED) is 0.853. The van der Waals surface area contributed by atoms with Crippen LogP contribution in [0, 0.1) is 0 Å². The van der Waals surface area contributed by atoms with Gasteiger partial charge in [0.05, 0.1) is 7.11 Å². The molecule has 2 rings (SSSR count). The third kappa shape index (κ3) is 3.72. The summed E-state index contributed by atoms with van der Waals surface area (Å²) in [4.78, 5) is 23.0. The van der Waals surface area contributed by atoms with E-state index in [0.717, 1.165) is 10.8 Å². The highest BCUT2D eigenvalue weighted by atomic mass is 16.5. The Labute approximate surface area is 122 Å². The number of nitrogens with one attached hydrogen (secondary N) is 1. The van der Waals surface area contributed by atoms with E-state index in [0.29, 0.717) is 5.75 Å². The van der Waals surface area contributed by atoms with E-state index in [2.05, 4.69) is 10.1 Å². The van der Waals surface area contributed by atoms with Gasteiger partial charge in [-0.1, -0.05) is 36.4 Å². The second kappa shape index (κ2) is 6.74. The Balaban J connectivity index is 1.99. The average Bonchev–Trinajstić information content (AvgIpc) is 2.51. The summed E-state index contributed by atoms with van der Waals surface area (Å²) < 4.78 is 10.1. The van der Waals surface area contributed by atoms with E-state index in [1.165, 1.54) is 7.11 Å². The molecule has 0 radical (unpaired) electrons. The molecule has 2 aromatic rings. The van der Waals surface area contributed by atoms with Crippen LogP contribution in [-0.4, -0.2) is 31.6 Å². The van der Waals surface area contributed by atoms with E-state index in [1.54, 1.807) is 13.0 Å². The van der Waals surface area contributed by atoms with Crippen molar-refractivity contribution in [3.8, 4) is 5.75 Å². The maximum atomic E-state index is 11.7. The van der Waals surface area contributed by atoms with E-state index in [9.17, 15) is 9.59 Å². The summed E-state index contributed by atoms with van der Waals surface area (Å²) >= 11 is 0. The molecule has 21 heavy (non-hydrogen) atoms. The molecule has 0 saturated carbocycles.